The lowest BCUT2D eigenvalue weighted by atomic mass is 9.94. The summed E-state index contributed by atoms with van der Waals surface area (Å²) in [5.74, 6) is 0.0152. The zero-order valence-electron chi connectivity index (χ0n) is 9.82. The van der Waals surface area contributed by atoms with Crippen LogP contribution in [0.15, 0.2) is 24.3 Å². The van der Waals surface area contributed by atoms with Crippen LogP contribution in [0.4, 0.5) is 0 Å². The van der Waals surface area contributed by atoms with Crippen LogP contribution in [0.2, 0.25) is 0 Å². The zero-order chi connectivity index (χ0) is 12.5. The fraction of sp³-hybridized carbons (Fsp3) is 0.462. The molecular formula is C13H16INO2. The highest BCUT2D eigenvalue weighted by Crippen LogP contribution is 2.22. The first-order valence-electron chi connectivity index (χ1n) is 5.75. The smallest absolute Gasteiger partial charge is 0.253 e. The number of hydrogen-bond acceptors (Lipinski definition) is 2. The number of β-amino-alcohol motifs (C(OH)–C–C–N with tert-alkyl or cyclic N) is 1. The highest BCUT2D eigenvalue weighted by molar-refractivity contribution is 14.1. The van der Waals surface area contributed by atoms with Crippen LogP contribution < -0.4 is 0 Å². The Kier molecular flexibility index (Phi) is 3.73. The molecule has 2 rings (SSSR count). The molecule has 1 heterocycles. The van der Waals surface area contributed by atoms with E-state index in [4.69, 9.17) is 0 Å². The molecule has 1 aliphatic rings. The summed E-state index contributed by atoms with van der Waals surface area (Å²) < 4.78 is 1.12. The Hall–Kier alpha value is -0.620. The third-order valence-corrected chi connectivity index (χ3v) is 3.77. The van der Waals surface area contributed by atoms with Crippen LogP contribution in [-0.2, 0) is 0 Å². The molecule has 4 heteroatoms. The molecule has 1 aromatic rings. The van der Waals surface area contributed by atoms with Gasteiger partial charge in [-0.3, -0.25) is 4.79 Å². The normalized spacial score (nSPS) is 24.8. The van der Waals surface area contributed by atoms with Gasteiger partial charge >= 0.3 is 0 Å². The zero-order valence-corrected chi connectivity index (χ0v) is 12.0. The van der Waals surface area contributed by atoms with Crippen LogP contribution in [0, 0.1) is 3.57 Å². The van der Waals surface area contributed by atoms with Crippen molar-refractivity contribution in [2.45, 2.75) is 25.4 Å². The second-order valence-electron chi connectivity index (χ2n) is 4.83. The number of carbonyl (C=O) groups is 1. The van der Waals surface area contributed by atoms with Crippen molar-refractivity contribution in [2.24, 2.45) is 0 Å². The maximum absolute atomic E-state index is 12.2. The molecule has 1 amide bonds. The van der Waals surface area contributed by atoms with E-state index in [-0.39, 0.29) is 5.91 Å². The Morgan fingerprint density at radius 1 is 1.41 bits per heavy atom. The van der Waals surface area contributed by atoms with E-state index < -0.39 is 5.60 Å². The van der Waals surface area contributed by atoms with Crippen molar-refractivity contribution in [2.75, 3.05) is 13.1 Å². The van der Waals surface area contributed by atoms with Crippen molar-refractivity contribution in [3.63, 3.8) is 0 Å². The molecule has 17 heavy (non-hydrogen) atoms. The van der Waals surface area contributed by atoms with Gasteiger partial charge in [0, 0.05) is 22.2 Å². The first-order valence-corrected chi connectivity index (χ1v) is 6.83. The second-order valence-corrected chi connectivity index (χ2v) is 6.08. The lowest BCUT2D eigenvalue weighted by Gasteiger charge is -2.36. The lowest BCUT2D eigenvalue weighted by Crippen LogP contribution is -2.48. The van der Waals surface area contributed by atoms with Gasteiger partial charge in [-0.25, -0.2) is 0 Å². The average molecular weight is 345 g/mol. The van der Waals surface area contributed by atoms with Gasteiger partial charge in [0.15, 0.2) is 0 Å². The Labute approximate surface area is 115 Å². The minimum atomic E-state index is -0.739. The minimum absolute atomic E-state index is 0.0152. The van der Waals surface area contributed by atoms with Gasteiger partial charge in [0.1, 0.15) is 0 Å². The SMILES string of the molecule is CC1(O)CCCN(C(=O)c2ccc(I)cc2)C1. The maximum atomic E-state index is 12.2. The summed E-state index contributed by atoms with van der Waals surface area (Å²) in [6.07, 6.45) is 1.63. The van der Waals surface area contributed by atoms with E-state index in [1.807, 2.05) is 24.3 Å². The summed E-state index contributed by atoms with van der Waals surface area (Å²) in [6, 6.07) is 7.53. The topological polar surface area (TPSA) is 40.5 Å². The molecule has 1 aromatic carbocycles. The number of amides is 1. The van der Waals surface area contributed by atoms with Gasteiger partial charge < -0.3 is 10.0 Å². The Bertz CT molecular complexity index is 414. The van der Waals surface area contributed by atoms with Gasteiger partial charge in [-0.15, -0.1) is 0 Å². The Morgan fingerprint density at radius 2 is 2.06 bits per heavy atom. The molecule has 0 spiro atoms. The third kappa shape index (κ3) is 3.19. The van der Waals surface area contributed by atoms with Crippen molar-refractivity contribution in [3.05, 3.63) is 33.4 Å². The Morgan fingerprint density at radius 3 is 2.65 bits per heavy atom. The molecule has 0 aliphatic carbocycles. The molecule has 1 atom stereocenters. The molecule has 1 unspecified atom stereocenters. The highest BCUT2D eigenvalue weighted by Gasteiger charge is 2.31. The minimum Gasteiger partial charge on any atom is -0.388 e. The lowest BCUT2D eigenvalue weighted by molar-refractivity contribution is -0.0107. The third-order valence-electron chi connectivity index (χ3n) is 3.05. The molecule has 3 nitrogen and oxygen atoms in total. The number of hydrogen-bond donors (Lipinski definition) is 1. The predicted molar refractivity (Wildman–Crippen MR) is 74.9 cm³/mol. The summed E-state index contributed by atoms with van der Waals surface area (Å²) in [5, 5.41) is 9.99. The van der Waals surface area contributed by atoms with Crippen molar-refractivity contribution < 1.29 is 9.90 Å². The highest BCUT2D eigenvalue weighted by atomic mass is 127. The summed E-state index contributed by atoms with van der Waals surface area (Å²) in [5.41, 5.74) is -0.0416. The van der Waals surface area contributed by atoms with Gasteiger partial charge in [0.05, 0.1) is 5.60 Å². The molecule has 1 N–H and O–H groups in total. The number of piperidine rings is 1. The van der Waals surface area contributed by atoms with Crippen molar-refractivity contribution in [3.8, 4) is 0 Å². The van der Waals surface area contributed by atoms with Gasteiger partial charge in [0.25, 0.3) is 5.91 Å². The number of nitrogens with zero attached hydrogens (tertiary/aromatic N) is 1. The first-order chi connectivity index (χ1) is 7.98. The number of carbonyl (C=O) groups excluding carboxylic acids is 1. The van der Waals surface area contributed by atoms with Crippen molar-refractivity contribution >= 4 is 28.5 Å². The van der Waals surface area contributed by atoms with Crippen LogP contribution in [0.25, 0.3) is 0 Å². The standard InChI is InChI=1S/C13H16INO2/c1-13(17)7-2-8-15(9-13)12(16)10-3-5-11(14)6-4-10/h3-6,17H,2,7-9H2,1H3. The van der Waals surface area contributed by atoms with Crippen LogP contribution in [0.3, 0.4) is 0 Å². The number of likely N-dealkylation sites (tertiary alicyclic amines) is 1. The average Bonchev–Trinajstić information content (AvgIpc) is 2.28. The molecule has 1 fully saturated rings. The maximum Gasteiger partial charge on any atom is 0.253 e. The van der Waals surface area contributed by atoms with Crippen LogP contribution in [-0.4, -0.2) is 34.6 Å². The Balaban J connectivity index is 2.12. The molecule has 0 radical (unpaired) electrons. The molecule has 0 aromatic heterocycles. The first kappa shape index (κ1) is 12.8. The number of halogens is 1. The van der Waals surface area contributed by atoms with Gasteiger partial charge in [-0.05, 0) is 66.6 Å². The summed E-state index contributed by atoms with van der Waals surface area (Å²) in [4.78, 5) is 14.0. The fourth-order valence-electron chi connectivity index (χ4n) is 2.17. The molecule has 0 saturated carbocycles. The second kappa shape index (κ2) is 4.94. The van der Waals surface area contributed by atoms with Crippen LogP contribution in [0.5, 0.6) is 0 Å². The number of aliphatic hydroxyl groups is 1. The summed E-state index contributed by atoms with van der Waals surface area (Å²) >= 11 is 2.21. The van der Waals surface area contributed by atoms with Crippen LogP contribution >= 0.6 is 22.6 Å². The summed E-state index contributed by atoms with van der Waals surface area (Å²) in [6.45, 7) is 2.96. The van der Waals surface area contributed by atoms with E-state index in [1.54, 1.807) is 11.8 Å². The molecule has 0 bridgehead atoms. The molecular weight excluding hydrogens is 329 g/mol. The monoisotopic (exact) mass is 345 g/mol. The van der Waals surface area contributed by atoms with Crippen molar-refractivity contribution in [1.82, 2.24) is 4.90 Å². The van der Waals surface area contributed by atoms with Crippen LogP contribution in [0.1, 0.15) is 30.1 Å². The van der Waals surface area contributed by atoms with E-state index in [0.29, 0.717) is 12.1 Å². The molecule has 1 aliphatic heterocycles. The van der Waals surface area contributed by atoms with Gasteiger partial charge in [0.2, 0.25) is 0 Å². The molecule has 92 valence electrons. The van der Waals surface area contributed by atoms with Gasteiger partial charge in [-0.1, -0.05) is 0 Å². The van der Waals surface area contributed by atoms with E-state index in [2.05, 4.69) is 22.6 Å². The number of benzene rings is 1. The number of rotatable bonds is 1. The quantitative estimate of drug-likeness (QED) is 0.794. The van der Waals surface area contributed by atoms with E-state index in [1.165, 1.54) is 0 Å². The largest absolute Gasteiger partial charge is 0.388 e. The fourth-order valence-corrected chi connectivity index (χ4v) is 2.53. The molecule has 1 saturated heterocycles. The van der Waals surface area contributed by atoms with E-state index >= 15 is 0 Å². The predicted octanol–water partition coefficient (Wildman–Crippen LogP) is 2.28. The van der Waals surface area contributed by atoms with E-state index in [0.717, 1.165) is 23.0 Å². The summed E-state index contributed by atoms with van der Waals surface area (Å²) in [7, 11) is 0. The van der Waals surface area contributed by atoms with E-state index in [9.17, 15) is 9.90 Å². The van der Waals surface area contributed by atoms with Gasteiger partial charge in [-0.2, -0.15) is 0 Å². The van der Waals surface area contributed by atoms with Crippen molar-refractivity contribution in [1.29, 1.82) is 0 Å².